The summed E-state index contributed by atoms with van der Waals surface area (Å²) in [7, 11) is 0. The maximum absolute atomic E-state index is 11.4. The Hall–Kier alpha value is -0.280. The molecule has 0 aromatic carbocycles. The van der Waals surface area contributed by atoms with Gasteiger partial charge in [-0.25, -0.2) is 0 Å². The molecule has 0 aliphatic carbocycles. The number of nitrogens with zero attached hydrogens (tertiary/aromatic N) is 1. The van der Waals surface area contributed by atoms with E-state index < -0.39 is 0 Å². The van der Waals surface area contributed by atoms with Crippen molar-refractivity contribution in [3.8, 4) is 0 Å². The van der Waals surface area contributed by atoms with E-state index in [0.717, 1.165) is 32.0 Å². The van der Waals surface area contributed by atoms with Crippen LogP contribution in [0.3, 0.4) is 0 Å². The summed E-state index contributed by atoms with van der Waals surface area (Å²) < 4.78 is 0. The second-order valence-electron chi connectivity index (χ2n) is 5.01. The summed E-state index contributed by atoms with van der Waals surface area (Å²) in [6.45, 7) is 4.52. The third-order valence-corrected chi connectivity index (χ3v) is 4.26. The molecule has 0 aromatic rings. The number of quaternary nitrogens is 1. The zero-order valence-electron chi connectivity index (χ0n) is 9.88. The number of carbonyl (C=O) groups excluding carboxylic acids is 1. The van der Waals surface area contributed by atoms with E-state index in [9.17, 15) is 4.79 Å². The molecule has 0 radical (unpaired) electrons. The number of likely N-dealkylation sites (tertiary alicyclic amines) is 2. The SMILES string of the molecule is O=C(CCl)N1CCC([NH+]2CCCCC2)CC1. The molecule has 4 heteroatoms. The average Bonchev–Trinajstić information content (AvgIpc) is 2.39. The van der Waals surface area contributed by atoms with Gasteiger partial charge in [0.1, 0.15) is 5.88 Å². The minimum absolute atomic E-state index is 0.105. The number of hydrogen-bond donors (Lipinski definition) is 1. The lowest BCUT2D eigenvalue weighted by atomic mass is 10.00. The smallest absolute Gasteiger partial charge is 0.237 e. The summed E-state index contributed by atoms with van der Waals surface area (Å²) in [5.74, 6) is 0.245. The highest BCUT2D eigenvalue weighted by atomic mass is 35.5. The second-order valence-corrected chi connectivity index (χ2v) is 5.27. The number of halogens is 1. The van der Waals surface area contributed by atoms with Crippen molar-refractivity contribution in [2.75, 3.05) is 32.1 Å². The highest BCUT2D eigenvalue weighted by Crippen LogP contribution is 2.10. The van der Waals surface area contributed by atoms with Gasteiger partial charge < -0.3 is 9.80 Å². The zero-order valence-corrected chi connectivity index (χ0v) is 10.6. The van der Waals surface area contributed by atoms with Gasteiger partial charge in [-0.3, -0.25) is 4.79 Å². The third kappa shape index (κ3) is 2.89. The standard InChI is InChI=1S/C12H21ClN2O/c13-10-12(16)15-8-4-11(5-9-15)14-6-2-1-3-7-14/h11H,1-10H2/p+1. The van der Waals surface area contributed by atoms with Gasteiger partial charge in [-0.1, -0.05) is 0 Å². The summed E-state index contributed by atoms with van der Waals surface area (Å²) in [6.07, 6.45) is 6.51. The number of nitrogens with one attached hydrogen (secondary N) is 1. The molecular weight excluding hydrogens is 224 g/mol. The van der Waals surface area contributed by atoms with Gasteiger partial charge in [-0.05, 0) is 19.3 Å². The molecule has 2 rings (SSSR count). The molecular formula is C12H22ClN2O+. The van der Waals surface area contributed by atoms with E-state index >= 15 is 0 Å². The molecule has 16 heavy (non-hydrogen) atoms. The number of alkyl halides is 1. The highest BCUT2D eigenvalue weighted by molar-refractivity contribution is 6.27. The van der Waals surface area contributed by atoms with Crippen molar-refractivity contribution in [1.82, 2.24) is 4.90 Å². The Morgan fingerprint density at radius 3 is 2.38 bits per heavy atom. The first kappa shape index (κ1) is 12.2. The van der Waals surface area contributed by atoms with E-state index in [0.29, 0.717) is 0 Å². The number of rotatable bonds is 2. The first-order valence-electron chi connectivity index (χ1n) is 6.49. The van der Waals surface area contributed by atoms with E-state index in [2.05, 4.69) is 0 Å². The Balaban J connectivity index is 1.78. The maximum atomic E-state index is 11.4. The fourth-order valence-electron chi connectivity index (χ4n) is 3.04. The van der Waals surface area contributed by atoms with Gasteiger partial charge in [0.05, 0.1) is 19.1 Å². The van der Waals surface area contributed by atoms with Crippen molar-refractivity contribution in [2.45, 2.75) is 38.1 Å². The number of amides is 1. The van der Waals surface area contributed by atoms with E-state index in [1.54, 1.807) is 4.90 Å². The fourth-order valence-corrected chi connectivity index (χ4v) is 3.20. The summed E-state index contributed by atoms with van der Waals surface area (Å²) >= 11 is 5.57. The largest absolute Gasteiger partial charge is 0.341 e. The molecule has 2 fully saturated rings. The molecule has 92 valence electrons. The first-order valence-corrected chi connectivity index (χ1v) is 7.03. The van der Waals surface area contributed by atoms with Crippen LogP contribution in [0.2, 0.25) is 0 Å². The van der Waals surface area contributed by atoms with Crippen molar-refractivity contribution in [3.63, 3.8) is 0 Å². The normalized spacial score (nSPS) is 24.7. The lowest BCUT2D eigenvalue weighted by molar-refractivity contribution is -0.931. The molecule has 0 bridgehead atoms. The van der Waals surface area contributed by atoms with E-state index in [1.807, 2.05) is 4.90 Å². The van der Waals surface area contributed by atoms with Crippen LogP contribution in [-0.4, -0.2) is 48.9 Å². The second kappa shape index (κ2) is 5.87. The van der Waals surface area contributed by atoms with E-state index in [-0.39, 0.29) is 11.8 Å². The topological polar surface area (TPSA) is 24.8 Å². The van der Waals surface area contributed by atoms with Crippen molar-refractivity contribution >= 4 is 17.5 Å². The zero-order chi connectivity index (χ0) is 11.4. The van der Waals surface area contributed by atoms with Gasteiger partial charge in [0.2, 0.25) is 5.91 Å². The van der Waals surface area contributed by atoms with E-state index in [4.69, 9.17) is 11.6 Å². The molecule has 0 unspecified atom stereocenters. The Morgan fingerprint density at radius 2 is 1.81 bits per heavy atom. The van der Waals surface area contributed by atoms with Crippen LogP contribution in [0.4, 0.5) is 0 Å². The Bertz CT molecular complexity index is 233. The molecule has 3 nitrogen and oxygen atoms in total. The lowest BCUT2D eigenvalue weighted by Gasteiger charge is -2.37. The minimum atomic E-state index is 0.105. The molecule has 0 atom stereocenters. The fraction of sp³-hybridized carbons (Fsp3) is 0.917. The van der Waals surface area contributed by atoms with Crippen LogP contribution < -0.4 is 4.90 Å². The molecule has 1 amide bonds. The maximum Gasteiger partial charge on any atom is 0.237 e. The first-order chi connectivity index (χ1) is 7.81. The summed E-state index contributed by atoms with van der Waals surface area (Å²) in [6, 6.07) is 0.791. The molecule has 0 spiro atoms. The van der Waals surface area contributed by atoms with Gasteiger partial charge in [-0.15, -0.1) is 11.6 Å². The van der Waals surface area contributed by atoms with Crippen molar-refractivity contribution < 1.29 is 9.69 Å². The van der Waals surface area contributed by atoms with Crippen LogP contribution in [-0.2, 0) is 4.79 Å². The molecule has 0 saturated carbocycles. The molecule has 1 N–H and O–H groups in total. The summed E-state index contributed by atoms with van der Waals surface area (Å²) in [4.78, 5) is 15.1. The van der Waals surface area contributed by atoms with Crippen LogP contribution >= 0.6 is 11.6 Å². The van der Waals surface area contributed by atoms with Crippen LogP contribution in [0.1, 0.15) is 32.1 Å². The Labute approximate surface area is 103 Å². The Kier molecular flexibility index (Phi) is 4.47. The third-order valence-electron chi connectivity index (χ3n) is 4.04. The highest BCUT2D eigenvalue weighted by Gasteiger charge is 2.29. The van der Waals surface area contributed by atoms with Crippen molar-refractivity contribution in [1.29, 1.82) is 0 Å². The van der Waals surface area contributed by atoms with Gasteiger partial charge in [-0.2, -0.15) is 0 Å². The molecule has 2 heterocycles. The molecule has 2 aliphatic rings. The van der Waals surface area contributed by atoms with Crippen LogP contribution in [0.15, 0.2) is 0 Å². The quantitative estimate of drug-likeness (QED) is 0.695. The molecule has 0 aromatic heterocycles. The monoisotopic (exact) mass is 245 g/mol. The minimum Gasteiger partial charge on any atom is -0.341 e. The predicted molar refractivity (Wildman–Crippen MR) is 64.9 cm³/mol. The van der Waals surface area contributed by atoms with E-state index in [1.165, 1.54) is 32.4 Å². The number of carbonyl (C=O) groups is 1. The number of piperidine rings is 2. The number of hydrogen-bond acceptors (Lipinski definition) is 1. The predicted octanol–water partition coefficient (Wildman–Crippen LogP) is 0.285. The summed E-state index contributed by atoms with van der Waals surface area (Å²) in [5.41, 5.74) is 0. The lowest BCUT2D eigenvalue weighted by Crippen LogP contribution is -3.16. The average molecular weight is 246 g/mol. The Morgan fingerprint density at radius 1 is 1.19 bits per heavy atom. The van der Waals surface area contributed by atoms with Crippen molar-refractivity contribution in [3.05, 3.63) is 0 Å². The van der Waals surface area contributed by atoms with Gasteiger partial charge in [0, 0.05) is 25.9 Å². The molecule has 2 aliphatic heterocycles. The van der Waals surface area contributed by atoms with Crippen molar-refractivity contribution in [2.24, 2.45) is 0 Å². The van der Waals surface area contributed by atoms with Crippen LogP contribution in [0.5, 0.6) is 0 Å². The van der Waals surface area contributed by atoms with Gasteiger partial charge in [0.25, 0.3) is 0 Å². The van der Waals surface area contributed by atoms with Gasteiger partial charge in [0.15, 0.2) is 0 Å². The molecule has 2 saturated heterocycles. The van der Waals surface area contributed by atoms with Crippen LogP contribution in [0.25, 0.3) is 0 Å². The summed E-state index contributed by atoms with van der Waals surface area (Å²) in [5, 5.41) is 0. The van der Waals surface area contributed by atoms with Gasteiger partial charge >= 0.3 is 0 Å². The van der Waals surface area contributed by atoms with Crippen LogP contribution in [0, 0.1) is 0 Å².